The Balaban J connectivity index is 0. The third-order valence-corrected chi connectivity index (χ3v) is 0. The molecule has 0 aliphatic carbocycles. The first-order valence-electron chi connectivity index (χ1n) is 0. The van der Waals surface area contributed by atoms with Crippen molar-refractivity contribution < 1.29 is 0 Å². The van der Waals surface area contributed by atoms with Crippen molar-refractivity contribution in [3.05, 3.63) is 0 Å². The normalized spacial score (nSPS) is 0. The minimum atomic E-state index is 0. The molecule has 0 aliphatic heterocycles. The maximum Gasteiger partial charge on any atom is 0 e. The van der Waals surface area contributed by atoms with Gasteiger partial charge < -0.3 is 0 Å². The van der Waals surface area contributed by atoms with Crippen LogP contribution < -0.4 is 0 Å². The molecule has 0 spiro atoms. The average Bonchev–Trinajstić information content (AvgIpc) is 0. The molecular formula is KPSSn. The molecule has 0 aromatic carbocycles. The Bertz CT molecular complexity index is 8.00. The summed E-state index contributed by atoms with van der Waals surface area (Å²) in [7, 11) is 0. The Morgan fingerprint density at radius 1 is 1.00 bits per heavy atom. The van der Waals surface area contributed by atoms with Crippen molar-refractivity contribution in [3.63, 3.8) is 0 Å². The van der Waals surface area contributed by atoms with Crippen LogP contribution in [0.1, 0.15) is 0 Å². The molecule has 10 radical (unpaired) electrons. The van der Waals surface area contributed by atoms with Gasteiger partial charge in [-0.15, -0.1) is 0 Å². The molecule has 0 amide bonds. The van der Waals surface area contributed by atoms with E-state index in [2.05, 4.69) is 0 Å². The molecule has 0 aliphatic rings. The van der Waals surface area contributed by atoms with Gasteiger partial charge in [0.1, 0.15) is 0 Å². The van der Waals surface area contributed by atoms with Gasteiger partial charge in [0.25, 0.3) is 0 Å². The molecule has 0 bridgehead atoms. The van der Waals surface area contributed by atoms with Crippen molar-refractivity contribution in [1.29, 1.82) is 0 Å². The Morgan fingerprint density at radius 3 is 1.00 bits per heavy atom. The third kappa shape index (κ3) is 8.96. The van der Waals surface area contributed by atoms with Crippen LogP contribution in [0.4, 0.5) is 0 Å². The minimum absolute atomic E-state index is 0. The third-order valence-electron chi connectivity index (χ3n) is 0. The van der Waals surface area contributed by atoms with Crippen LogP contribution in [0.5, 0.6) is 0 Å². The maximum atomic E-state index is 0. The monoisotopic (exact) mass is 222 g/mol. The maximum absolute atomic E-state index is 0. The van der Waals surface area contributed by atoms with Gasteiger partial charge in [-0.3, -0.25) is 0 Å². The van der Waals surface area contributed by atoms with Crippen LogP contribution in [0.3, 0.4) is 0 Å². The van der Waals surface area contributed by atoms with E-state index in [1.807, 2.05) is 0 Å². The Morgan fingerprint density at radius 2 is 1.00 bits per heavy atom. The van der Waals surface area contributed by atoms with E-state index in [1.165, 1.54) is 0 Å². The Kier molecular flexibility index (Phi) is 110. The summed E-state index contributed by atoms with van der Waals surface area (Å²) in [6.07, 6.45) is 0. The Labute approximate surface area is 96.3 Å². The second-order valence-corrected chi connectivity index (χ2v) is 0. The van der Waals surface area contributed by atoms with Crippen molar-refractivity contribution in [3.8, 4) is 0 Å². The molecule has 0 atom stereocenters. The van der Waals surface area contributed by atoms with E-state index in [4.69, 9.17) is 0 Å². The molecule has 0 fully saturated rings. The van der Waals surface area contributed by atoms with Gasteiger partial charge in [-0.25, -0.2) is 0 Å². The SMILES string of the molecule is [K].[P].[S].[Sn]. The summed E-state index contributed by atoms with van der Waals surface area (Å²) in [5, 5.41) is 0. The van der Waals surface area contributed by atoms with Crippen molar-refractivity contribution in [2.75, 3.05) is 0 Å². The van der Waals surface area contributed by atoms with Crippen LogP contribution in [-0.2, 0) is 0 Å². The smallest absolute Gasteiger partial charge is 0 e. The molecule has 0 aromatic heterocycles. The molecular weight excluding hydrogens is 221 g/mol. The van der Waals surface area contributed by atoms with Crippen LogP contribution in [0, 0.1) is 0 Å². The molecule has 0 nitrogen and oxygen atoms in total. The molecule has 0 saturated carbocycles. The van der Waals surface area contributed by atoms with Gasteiger partial charge in [0, 0.05) is 98.7 Å². The van der Waals surface area contributed by atoms with Crippen molar-refractivity contribution >= 4 is 98.7 Å². The van der Waals surface area contributed by atoms with E-state index in [-0.39, 0.29) is 98.7 Å². The van der Waals surface area contributed by atoms with Crippen molar-refractivity contribution in [2.45, 2.75) is 0 Å². The van der Waals surface area contributed by atoms with Gasteiger partial charge in [-0.05, 0) is 0 Å². The van der Waals surface area contributed by atoms with Crippen molar-refractivity contribution in [2.24, 2.45) is 0 Å². The summed E-state index contributed by atoms with van der Waals surface area (Å²) in [4.78, 5) is 0. The van der Waals surface area contributed by atoms with Crippen LogP contribution >= 0.6 is 23.4 Å². The van der Waals surface area contributed by atoms with E-state index in [0.29, 0.717) is 0 Å². The fourth-order valence-electron chi connectivity index (χ4n) is 0. The zero-order valence-electron chi connectivity index (χ0n) is 2.36. The first kappa shape index (κ1) is 27.0. The van der Waals surface area contributed by atoms with E-state index < -0.39 is 0 Å². The second kappa shape index (κ2) is 16.4. The van der Waals surface area contributed by atoms with E-state index in [0.717, 1.165) is 0 Å². The van der Waals surface area contributed by atoms with E-state index in [1.54, 1.807) is 0 Å². The van der Waals surface area contributed by atoms with Crippen LogP contribution in [0.2, 0.25) is 0 Å². The van der Waals surface area contributed by atoms with E-state index in [9.17, 15) is 0 Å². The van der Waals surface area contributed by atoms with Crippen LogP contribution in [-0.4, -0.2) is 75.3 Å². The minimum Gasteiger partial charge on any atom is 0 e. The first-order chi connectivity index (χ1) is 0. The zero-order valence-corrected chi connectivity index (χ0v) is 10.0. The van der Waals surface area contributed by atoms with Gasteiger partial charge in [0.05, 0.1) is 0 Å². The topological polar surface area (TPSA) is 0 Å². The molecule has 4 heavy (non-hydrogen) atoms. The Hall–Kier alpha value is 3.22. The zero-order chi connectivity index (χ0) is 0. The molecule has 0 unspecified atom stereocenters. The van der Waals surface area contributed by atoms with Crippen molar-refractivity contribution in [1.82, 2.24) is 0 Å². The first-order valence-corrected chi connectivity index (χ1v) is 0. The molecule has 0 N–H and O–H groups in total. The predicted molar refractivity (Wildman–Crippen MR) is 26.0 cm³/mol. The van der Waals surface area contributed by atoms with Crippen LogP contribution in [0.15, 0.2) is 0 Å². The van der Waals surface area contributed by atoms with Gasteiger partial charge in [-0.1, -0.05) is 0 Å². The fraction of sp³-hybridized carbons (Fsp3) is 0. The number of hydrogen-bond acceptors (Lipinski definition) is 0. The second-order valence-electron chi connectivity index (χ2n) is 0. The van der Waals surface area contributed by atoms with Gasteiger partial charge >= 0.3 is 0 Å². The van der Waals surface area contributed by atoms with Crippen LogP contribution in [0.25, 0.3) is 0 Å². The predicted octanol–water partition coefficient (Wildman–Crippen LogP) is 0.748. The molecule has 16 valence electrons. The summed E-state index contributed by atoms with van der Waals surface area (Å²) < 4.78 is 0. The summed E-state index contributed by atoms with van der Waals surface area (Å²) in [6, 6.07) is 0. The quantitative estimate of drug-likeness (QED) is 0.418. The molecule has 0 saturated heterocycles. The summed E-state index contributed by atoms with van der Waals surface area (Å²) in [5.74, 6) is 0. The molecule has 4 heteroatoms. The fourth-order valence-corrected chi connectivity index (χ4v) is 0. The number of rotatable bonds is 0. The standard InChI is InChI=1S/K.P.S.Sn. The average molecular weight is 221 g/mol. The molecule has 0 heterocycles. The van der Waals surface area contributed by atoms with E-state index >= 15 is 0 Å². The summed E-state index contributed by atoms with van der Waals surface area (Å²) in [5.41, 5.74) is 0. The summed E-state index contributed by atoms with van der Waals surface area (Å²) >= 11 is 0. The summed E-state index contributed by atoms with van der Waals surface area (Å²) in [6.45, 7) is 0. The van der Waals surface area contributed by atoms with Gasteiger partial charge in [-0.2, -0.15) is 0 Å². The largest absolute Gasteiger partial charge is 0 e. The van der Waals surface area contributed by atoms with Gasteiger partial charge in [0.2, 0.25) is 0 Å². The number of hydrogen-bond donors (Lipinski definition) is 0. The molecule has 0 aromatic rings. The van der Waals surface area contributed by atoms with Gasteiger partial charge in [0.15, 0.2) is 0 Å². The molecule has 0 rings (SSSR count).